The van der Waals surface area contributed by atoms with Gasteiger partial charge in [-0.15, -0.1) is 0 Å². The Labute approximate surface area is 191 Å². The van der Waals surface area contributed by atoms with Crippen LogP contribution in [-0.2, 0) is 14.3 Å². The lowest BCUT2D eigenvalue weighted by atomic mass is 10.1. The second-order valence-electron chi connectivity index (χ2n) is 7.00. The molecule has 0 unspecified atom stereocenters. The van der Waals surface area contributed by atoms with Gasteiger partial charge in [0.05, 0.1) is 17.7 Å². The molecule has 166 valence electrons. The Morgan fingerprint density at radius 1 is 1.16 bits per heavy atom. The Bertz CT molecular complexity index is 1080. The number of nitrogens with zero attached hydrogens (tertiary/aromatic N) is 2. The fraction of sp³-hybridized carbons (Fsp3) is 0.250. The molecule has 1 aliphatic rings. The maximum Gasteiger partial charge on any atom is 0.343 e. The lowest BCUT2D eigenvalue weighted by Gasteiger charge is -2.14. The van der Waals surface area contributed by atoms with Gasteiger partial charge in [-0.2, -0.15) is 0 Å². The number of Topliss-reactive ketones (excluding diaryl/α,β-unsaturated/α-hetero) is 1. The van der Waals surface area contributed by atoms with Gasteiger partial charge in [0, 0.05) is 12.1 Å². The molecule has 0 N–H and O–H groups in total. The number of amidine groups is 1. The van der Waals surface area contributed by atoms with E-state index >= 15 is 0 Å². The van der Waals surface area contributed by atoms with Gasteiger partial charge in [0.2, 0.25) is 0 Å². The number of carbonyl (C=O) groups is 3. The Morgan fingerprint density at radius 3 is 2.56 bits per heavy atom. The molecule has 1 aliphatic heterocycles. The molecule has 0 spiro atoms. The summed E-state index contributed by atoms with van der Waals surface area (Å²) in [4.78, 5) is 42.7. The molecule has 8 heteroatoms. The maximum absolute atomic E-state index is 13.0. The van der Waals surface area contributed by atoms with E-state index in [-0.39, 0.29) is 18.3 Å². The zero-order chi connectivity index (χ0) is 23.1. The fourth-order valence-corrected chi connectivity index (χ4v) is 3.95. The molecule has 0 saturated carbocycles. The highest BCUT2D eigenvalue weighted by Crippen LogP contribution is 2.34. The first kappa shape index (κ1) is 23.3. The number of aliphatic imine (C=N–C) groups is 1. The van der Waals surface area contributed by atoms with Crippen LogP contribution in [0.25, 0.3) is 6.08 Å². The van der Waals surface area contributed by atoms with E-state index in [1.807, 2.05) is 25.1 Å². The summed E-state index contributed by atoms with van der Waals surface area (Å²) >= 11 is 1.30. The van der Waals surface area contributed by atoms with E-state index in [9.17, 15) is 14.4 Å². The van der Waals surface area contributed by atoms with Gasteiger partial charge < -0.3 is 9.47 Å². The summed E-state index contributed by atoms with van der Waals surface area (Å²) in [5.74, 6) is -0.0689. The number of carbonyl (C=O) groups excluding carboxylic acids is 3. The standard InChI is InChI=1S/C24H24N2O5S/c1-4-12-26-23(29)21(13-17-8-10-20(11-9-17)31-15-22(28)30-3)32-24(26)25-19-7-5-6-18(14-19)16(2)27/h5-11,13-14H,4,12,15H2,1-3H3/b21-13-,25-24?. The number of methoxy groups -OCH3 is 1. The zero-order valence-corrected chi connectivity index (χ0v) is 19.0. The van der Waals surface area contributed by atoms with Crippen molar-refractivity contribution in [1.29, 1.82) is 0 Å². The van der Waals surface area contributed by atoms with E-state index in [1.54, 1.807) is 41.3 Å². The van der Waals surface area contributed by atoms with Gasteiger partial charge in [0.1, 0.15) is 5.75 Å². The Morgan fingerprint density at radius 2 is 1.91 bits per heavy atom. The molecule has 2 aromatic rings. The molecular formula is C24H24N2O5S. The van der Waals surface area contributed by atoms with E-state index in [0.29, 0.717) is 33.6 Å². The maximum atomic E-state index is 13.0. The summed E-state index contributed by atoms with van der Waals surface area (Å²) in [5.41, 5.74) is 2.03. The molecule has 3 rings (SSSR count). The third-order valence-electron chi connectivity index (χ3n) is 4.57. The minimum absolute atomic E-state index is 0.0350. The van der Waals surface area contributed by atoms with Gasteiger partial charge in [0.15, 0.2) is 17.6 Å². The number of ether oxygens (including phenoxy) is 2. The topological polar surface area (TPSA) is 85.3 Å². The van der Waals surface area contributed by atoms with Crippen LogP contribution < -0.4 is 4.74 Å². The highest BCUT2D eigenvalue weighted by molar-refractivity contribution is 8.18. The Kier molecular flexibility index (Phi) is 7.83. The van der Waals surface area contributed by atoms with Crippen LogP contribution in [0.15, 0.2) is 58.4 Å². The minimum atomic E-state index is -0.458. The van der Waals surface area contributed by atoms with Crippen LogP contribution in [-0.4, -0.2) is 48.0 Å². The van der Waals surface area contributed by atoms with E-state index in [4.69, 9.17) is 4.74 Å². The third kappa shape index (κ3) is 5.85. The van der Waals surface area contributed by atoms with Crippen LogP contribution >= 0.6 is 11.8 Å². The normalized spacial score (nSPS) is 16.0. The first-order valence-electron chi connectivity index (χ1n) is 10.1. The van der Waals surface area contributed by atoms with Gasteiger partial charge >= 0.3 is 5.97 Å². The van der Waals surface area contributed by atoms with Crippen molar-refractivity contribution in [2.75, 3.05) is 20.3 Å². The molecule has 2 aromatic carbocycles. The predicted molar refractivity (Wildman–Crippen MR) is 125 cm³/mol. The summed E-state index contributed by atoms with van der Waals surface area (Å²) in [6.45, 7) is 3.90. The number of benzene rings is 2. The number of hydrogen-bond acceptors (Lipinski definition) is 7. The van der Waals surface area contributed by atoms with E-state index < -0.39 is 5.97 Å². The van der Waals surface area contributed by atoms with E-state index in [1.165, 1.54) is 25.8 Å². The average Bonchev–Trinajstić information content (AvgIpc) is 3.07. The summed E-state index contributed by atoms with van der Waals surface area (Å²) < 4.78 is 9.90. The number of thioether (sulfide) groups is 1. The van der Waals surface area contributed by atoms with Gasteiger partial charge in [0.25, 0.3) is 5.91 Å². The zero-order valence-electron chi connectivity index (χ0n) is 18.2. The van der Waals surface area contributed by atoms with Crippen molar-refractivity contribution in [3.63, 3.8) is 0 Å². The van der Waals surface area contributed by atoms with Crippen molar-refractivity contribution in [2.24, 2.45) is 4.99 Å². The monoisotopic (exact) mass is 452 g/mol. The molecule has 0 aromatic heterocycles. The van der Waals surface area contributed by atoms with Crippen molar-refractivity contribution < 1.29 is 23.9 Å². The number of hydrogen-bond donors (Lipinski definition) is 0. The molecular weight excluding hydrogens is 428 g/mol. The second kappa shape index (κ2) is 10.8. The Balaban J connectivity index is 1.81. The van der Waals surface area contributed by atoms with Crippen LogP contribution in [0, 0.1) is 0 Å². The van der Waals surface area contributed by atoms with E-state index in [0.717, 1.165) is 12.0 Å². The van der Waals surface area contributed by atoms with E-state index in [2.05, 4.69) is 9.73 Å². The smallest absolute Gasteiger partial charge is 0.343 e. The molecule has 32 heavy (non-hydrogen) atoms. The fourth-order valence-electron chi connectivity index (χ4n) is 2.93. The number of rotatable bonds is 8. The second-order valence-corrected chi connectivity index (χ2v) is 8.01. The van der Waals surface area contributed by atoms with Gasteiger partial charge in [-0.3, -0.25) is 14.5 Å². The van der Waals surface area contributed by atoms with Crippen molar-refractivity contribution in [3.05, 3.63) is 64.6 Å². The molecule has 0 bridgehead atoms. The van der Waals surface area contributed by atoms with Crippen molar-refractivity contribution >= 4 is 46.4 Å². The van der Waals surface area contributed by atoms with Crippen molar-refractivity contribution in [3.8, 4) is 5.75 Å². The van der Waals surface area contributed by atoms with Crippen LogP contribution in [0.2, 0.25) is 0 Å². The predicted octanol–water partition coefficient (Wildman–Crippen LogP) is 4.46. The molecule has 1 amide bonds. The molecule has 1 fully saturated rings. The molecule has 0 atom stereocenters. The molecule has 1 heterocycles. The summed E-state index contributed by atoms with van der Waals surface area (Å²) in [6.07, 6.45) is 2.59. The van der Waals surface area contributed by atoms with Crippen molar-refractivity contribution in [2.45, 2.75) is 20.3 Å². The van der Waals surface area contributed by atoms with Gasteiger partial charge in [-0.25, -0.2) is 9.79 Å². The first-order valence-corrected chi connectivity index (χ1v) is 10.9. The molecule has 0 radical (unpaired) electrons. The van der Waals surface area contributed by atoms with Crippen LogP contribution in [0.5, 0.6) is 5.75 Å². The van der Waals surface area contributed by atoms with Gasteiger partial charge in [-0.05, 0) is 61.0 Å². The van der Waals surface area contributed by atoms with Gasteiger partial charge in [-0.1, -0.05) is 31.2 Å². The number of amides is 1. The number of ketones is 1. The first-order chi connectivity index (χ1) is 15.4. The van der Waals surface area contributed by atoms with Crippen molar-refractivity contribution in [1.82, 2.24) is 4.90 Å². The SMILES string of the molecule is CCCN1C(=O)/C(=C/c2ccc(OCC(=O)OC)cc2)SC1=Nc1cccc(C(C)=O)c1. The third-order valence-corrected chi connectivity index (χ3v) is 5.58. The van der Waals surface area contributed by atoms with Crippen LogP contribution in [0.3, 0.4) is 0 Å². The minimum Gasteiger partial charge on any atom is -0.482 e. The van der Waals surface area contributed by atoms with Crippen LogP contribution in [0.1, 0.15) is 36.2 Å². The number of esters is 1. The highest BCUT2D eigenvalue weighted by atomic mass is 32.2. The van der Waals surface area contributed by atoms with Crippen LogP contribution in [0.4, 0.5) is 5.69 Å². The quantitative estimate of drug-likeness (QED) is 0.334. The lowest BCUT2D eigenvalue weighted by molar-refractivity contribution is -0.142. The highest BCUT2D eigenvalue weighted by Gasteiger charge is 2.32. The summed E-state index contributed by atoms with van der Waals surface area (Å²) in [5, 5.41) is 0.585. The lowest BCUT2D eigenvalue weighted by Crippen LogP contribution is -2.29. The average molecular weight is 453 g/mol. The summed E-state index contributed by atoms with van der Waals surface area (Å²) in [6, 6.07) is 14.1. The molecule has 0 aliphatic carbocycles. The molecule has 7 nitrogen and oxygen atoms in total. The molecule has 1 saturated heterocycles. The largest absolute Gasteiger partial charge is 0.482 e. The Hall–Kier alpha value is -3.39. The summed E-state index contributed by atoms with van der Waals surface area (Å²) in [7, 11) is 1.30.